The van der Waals surface area contributed by atoms with Gasteiger partial charge in [-0.05, 0) is 42.4 Å². The molecule has 0 saturated carbocycles. The topological polar surface area (TPSA) is 47.6 Å². The van der Waals surface area contributed by atoms with Crippen molar-refractivity contribution in [2.75, 3.05) is 0 Å². The molecule has 0 unspecified atom stereocenters. The van der Waals surface area contributed by atoms with Crippen LogP contribution in [-0.2, 0) is 6.42 Å². The third-order valence-electron chi connectivity index (χ3n) is 2.99. The highest BCUT2D eigenvalue weighted by Gasteiger charge is 2.15. The van der Waals surface area contributed by atoms with E-state index in [-0.39, 0.29) is 5.57 Å². The average molecular weight is 208 g/mol. The summed E-state index contributed by atoms with van der Waals surface area (Å²) in [6, 6.07) is 12.1. The van der Waals surface area contributed by atoms with Crippen LogP contribution in [0.15, 0.2) is 29.8 Å². The Bertz CT molecular complexity index is 496. The second kappa shape index (κ2) is 4.64. The van der Waals surface area contributed by atoms with E-state index in [9.17, 15) is 0 Å². The normalized spacial score (nSPS) is 14.2. The van der Waals surface area contributed by atoms with Gasteiger partial charge in [0.2, 0.25) is 0 Å². The number of benzene rings is 1. The van der Waals surface area contributed by atoms with Gasteiger partial charge in [0, 0.05) is 0 Å². The molecule has 16 heavy (non-hydrogen) atoms. The van der Waals surface area contributed by atoms with E-state index in [1.54, 1.807) is 0 Å². The molecule has 0 amide bonds. The van der Waals surface area contributed by atoms with E-state index < -0.39 is 0 Å². The summed E-state index contributed by atoms with van der Waals surface area (Å²) in [7, 11) is 0. The van der Waals surface area contributed by atoms with Crippen molar-refractivity contribution in [1.82, 2.24) is 0 Å². The highest BCUT2D eigenvalue weighted by Crippen LogP contribution is 2.31. The summed E-state index contributed by atoms with van der Waals surface area (Å²) in [4.78, 5) is 0. The van der Waals surface area contributed by atoms with E-state index >= 15 is 0 Å². The lowest BCUT2D eigenvalue weighted by Gasteiger charge is -2.07. The molecular formula is C14H12N2. The molecule has 1 aliphatic carbocycles. The molecule has 0 radical (unpaired) electrons. The van der Waals surface area contributed by atoms with Gasteiger partial charge in [-0.25, -0.2) is 0 Å². The van der Waals surface area contributed by atoms with Crippen molar-refractivity contribution in [3.63, 3.8) is 0 Å². The Morgan fingerprint density at radius 1 is 1.00 bits per heavy atom. The average Bonchev–Trinajstić information content (AvgIpc) is 2.54. The fourth-order valence-electron chi connectivity index (χ4n) is 2.20. The Kier molecular flexibility index (Phi) is 3.03. The summed E-state index contributed by atoms with van der Waals surface area (Å²) in [6.07, 6.45) is 4.07. The molecule has 2 nitrogen and oxygen atoms in total. The minimum absolute atomic E-state index is 0.273. The minimum atomic E-state index is 0.273. The van der Waals surface area contributed by atoms with Crippen LogP contribution in [0, 0.1) is 22.7 Å². The number of allylic oxidation sites excluding steroid dienone is 2. The van der Waals surface area contributed by atoms with Gasteiger partial charge in [0.15, 0.2) is 0 Å². The first kappa shape index (κ1) is 10.5. The van der Waals surface area contributed by atoms with E-state index in [1.165, 1.54) is 5.56 Å². The van der Waals surface area contributed by atoms with E-state index in [2.05, 4.69) is 6.07 Å². The van der Waals surface area contributed by atoms with Crippen molar-refractivity contribution in [1.29, 1.82) is 10.5 Å². The zero-order chi connectivity index (χ0) is 11.4. The van der Waals surface area contributed by atoms with E-state index in [1.807, 2.05) is 30.3 Å². The second-order valence-electron chi connectivity index (χ2n) is 3.94. The summed E-state index contributed by atoms with van der Waals surface area (Å²) in [5, 5.41) is 17.9. The molecule has 78 valence electrons. The highest BCUT2D eigenvalue weighted by molar-refractivity contribution is 5.77. The van der Waals surface area contributed by atoms with Crippen molar-refractivity contribution < 1.29 is 0 Å². The lowest BCUT2D eigenvalue weighted by Crippen LogP contribution is -1.92. The van der Waals surface area contributed by atoms with Crippen molar-refractivity contribution in [2.24, 2.45) is 0 Å². The number of nitrogens with zero attached hydrogens (tertiary/aromatic N) is 2. The van der Waals surface area contributed by atoms with Crippen LogP contribution in [0.4, 0.5) is 0 Å². The fraction of sp³-hybridized carbons (Fsp3) is 0.286. The van der Waals surface area contributed by atoms with Gasteiger partial charge in [-0.15, -0.1) is 0 Å². The van der Waals surface area contributed by atoms with E-state index in [0.717, 1.165) is 36.8 Å². The molecule has 0 heterocycles. The van der Waals surface area contributed by atoms with Crippen LogP contribution in [0.2, 0.25) is 0 Å². The Morgan fingerprint density at radius 3 is 2.44 bits per heavy atom. The lowest BCUT2D eigenvalue weighted by molar-refractivity contribution is 0.771. The number of fused-ring (bicyclic) bond motifs is 1. The first-order valence-corrected chi connectivity index (χ1v) is 5.48. The van der Waals surface area contributed by atoms with Crippen LogP contribution in [-0.4, -0.2) is 0 Å². The van der Waals surface area contributed by atoms with Gasteiger partial charge in [0.1, 0.15) is 17.7 Å². The van der Waals surface area contributed by atoms with Crippen LogP contribution < -0.4 is 0 Å². The van der Waals surface area contributed by atoms with Crippen LogP contribution in [0.25, 0.3) is 5.57 Å². The predicted octanol–water partition coefficient (Wildman–Crippen LogP) is 3.21. The van der Waals surface area contributed by atoms with Crippen LogP contribution in [0.3, 0.4) is 0 Å². The number of hydrogen-bond donors (Lipinski definition) is 0. The smallest absolute Gasteiger partial charge is 0.133 e. The maximum Gasteiger partial charge on any atom is 0.133 e. The van der Waals surface area contributed by atoms with Crippen molar-refractivity contribution in [3.05, 3.63) is 41.0 Å². The maximum absolute atomic E-state index is 8.97. The predicted molar refractivity (Wildman–Crippen MR) is 62.1 cm³/mol. The van der Waals surface area contributed by atoms with Gasteiger partial charge < -0.3 is 0 Å². The highest BCUT2D eigenvalue weighted by atomic mass is 14.3. The molecule has 1 aliphatic rings. The lowest BCUT2D eigenvalue weighted by atomic mass is 9.95. The van der Waals surface area contributed by atoms with Gasteiger partial charge >= 0.3 is 0 Å². The first-order chi connectivity index (χ1) is 7.86. The van der Waals surface area contributed by atoms with Gasteiger partial charge in [0.05, 0.1) is 0 Å². The summed E-state index contributed by atoms with van der Waals surface area (Å²) in [5.41, 5.74) is 3.56. The monoisotopic (exact) mass is 208 g/mol. The van der Waals surface area contributed by atoms with Crippen molar-refractivity contribution in [3.8, 4) is 12.1 Å². The van der Waals surface area contributed by atoms with Crippen molar-refractivity contribution >= 4 is 5.57 Å². The van der Waals surface area contributed by atoms with Crippen LogP contribution in [0.5, 0.6) is 0 Å². The maximum atomic E-state index is 8.97. The molecule has 1 aromatic carbocycles. The van der Waals surface area contributed by atoms with Gasteiger partial charge in [-0.2, -0.15) is 10.5 Å². The Balaban J connectivity index is 2.62. The SMILES string of the molecule is N#CC(C#N)=C1CCCCc2ccccc21. The molecular weight excluding hydrogens is 196 g/mol. The zero-order valence-electron chi connectivity index (χ0n) is 9.03. The molecule has 0 aromatic heterocycles. The Morgan fingerprint density at radius 2 is 1.69 bits per heavy atom. The minimum Gasteiger partial charge on any atom is -0.192 e. The third-order valence-corrected chi connectivity index (χ3v) is 2.99. The van der Waals surface area contributed by atoms with E-state index in [0.29, 0.717) is 0 Å². The second-order valence-corrected chi connectivity index (χ2v) is 3.94. The largest absolute Gasteiger partial charge is 0.192 e. The fourth-order valence-corrected chi connectivity index (χ4v) is 2.20. The quantitative estimate of drug-likeness (QED) is 0.485. The number of aryl methyl sites for hydroxylation is 1. The molecule has 2 rings (SSSR count). The van der Waals surface area contributed by atoms with Gasteiger partial charge in [-0.1, -0.05) is 24.3 Å². The van der Waals surface area contributed by atoms with Gasteiger partial charge in [0.25, 0.3) is 0 Å². The Hall–Kier alpha value is -2.06. The molecule has 1 aromatic rings. The summed E-state index contributed by atoms with van der Waals surface area (Å²) < 4.78 is 0. The molecule has 0 saturated heterocycles. The summed E-state index contributed by atoms with van der Waals surface area (Å²) >= 11 is 0. The molecule has 0 bridgehead atoms. The standard InChI is InChI=1S/C14H12N2/c15-9-12(10-16)14-8-4-2-6-11-5-1-3-7-13(11)14/h1,3,5,7H,2,4,6,8H2. The Labute approximate surface area is 95.4 Å². The van der Waals surface area contributed by atoms with E-state index in [4.69, 9.17) is 10.5 Å². The number of rotatable bonds is 0. The molecule has 2 heteroatoms. The molecule has 0 fully saturated rings. The molecule has 0 aliphatic heterocycles. The molecule has 0 atom stereocenters. The molecule has 0 N–H and O–H groups in total. The summed E-state index contributed by atoms with van der Waals surface area (Å²) in [6.45, 7) is 0. The summed E-state index contributed by atoms with van der Waals surface area (Å²) in [5.74, 6) is 0. The van der Waals surface area contributed by atoms with Crippen molar-refractivity contribution in [2.45, 2.75) is 25.7 Å². The first-order valence-electron chi connectivity index (χ1n) is 5.48. The molecule has 0 spiro atoms. The van der Waals surface area contributed by atoms with Crippen LogP contribution in [0.1, 0.15) is 30.4 Å². The number of nitriles is 2. The van der Waals surface area contributed by atoms with Crippen LogP contribution >= 0.6 is 0 Å². The van der Waals surface area contributed by atoms with Gasteiger partial charge in [-0.3, -0.25) is 0 Å². The zero-order valence-corrected chi connectivity index (χ0v) is 9.03. The number of hydrogen-bond acceptors (Lipinski definition) is 2. The third kappa shape index (κ3) is 1.83.